The Kier molecular flexibility index (Phi) is 7.52. The lowest BCUT2D eigenvalue weighted by Crippen LogP contribution is -2.26. The number of hydrogen-bond donors (Lipinski definition) is 2. The van der Waals surface area contributed by atoms with Crippen molar-refractivity contribution in [1.29, 1.82) is 0 Å². The number of hydrogen-bond acceptors (Lipinski definition) is 3. The van der Waals surface area contributed by atoms with Crippen LogP contribution in [0.5, 0.6) is 0 Å². The molecule has 5 aromatic rings. The number of nitrogens with zero attached hydrogens (tertiary/aromatic N) is 2. The zero-order valence-electron chi connectivity index (χ0n) is 23.2. The number of fused-ring (bicyclic) bond motifs is 1. The number of rotatable bonds is 8. The number of aromatic carboxylic acids is 1. The molecule has 1 atom stereocenters. The first-order chi connectivity index (χ1) is 19.2. The van der Waals surface area contributed by atoms with Gasteiger partial charge in [0.05, 0.1) is 29.4 Å². The number of benzene rings is 4. The molecule has 5 rings (SSSR count). The Morgan fingerprint density at radius 1 is 0.875 bits per heavy atom. The van der Waals surface area contributed by atoms with Crippen molar-refractivity contribution in [1.82, 2.24) is 15.1 Å². The van der Waals surface area contributed by atoms with Crippen LogP contribution in [-0.4, -0.2) is 26.8 Å². The van der Waals surface area contributed by atoms with Crippen LogP contribution in [0, 0.1) is 6.92 Å². The molecule has 0 aliphatic carbocycles. The molecule has 1 amide bonds. The normalized spacial score (nSPS) is 12.0. The molecule has 0 spiro atoms. The van der Waals surface area contributed by atoms with Gasteiger partial charge in [-0.25, -0.2) is 4.79 Å². The molecule has 0 aliphatic heterocycles. The van der Waals surface area contributed by atoms with E-state index in [4.69, 9.17) is 5.10 Å². The lowest BCUT2D eigenvalue weighted by molar-refractivity contribution is 0.0697. The van der Waals surface area contributed by atoms with E-state index in [0.29, 0.717) is 23.6 Å². The summed E-state index contributed by atoms with van der Waals surface area (Å²) in [6, 6.07) is 28.8. The number of carbonyl (C=O) groups excluding carboxylic acids is 1. The first-order valence-electron chi connectivity index (χ1n) is 13.5. The van der Waals surface area contributed by atoms with E-state index in [2.05, 4.69) is 31.3 Å². The van der Waals surface area contributed by atoms with Gasteiger partial charge in [-0.2, -0.15) is 5.10 Å². The van der Waals surface area contributed by atoms with E-state index >= 15 is 0 Å². The summed E-state index contributed by atoms with van der Waals surface area (Å²) < 4.78 is 1.91. The summed E-state index contributed by atoms with van der Waals surface area (Å²) in [4.78, 5) is 24.9. The second-order valence-corrected chi connectivity index (χ2v) is 10.5. The van der Waals surface area contributed by atoms with Gasteiger partial charge in [-0.1, -0.05) is 86.6 Å². The van der Waals surface area contributed by atoms with Crippen LogP contribution in [0.1, 0.15) is 75.8 Å². The topological polar surface area (TPSA) is 84.2 Å². The zero-order valence-corrected chi connectivity index (χ0v) is 23.2. The smallest absolute Gasteiger partial charge is 0.336 e. The van der Waals surface area contributed by atoms with Crippen LogP contribution in [0.3, 0.4) is 0 Å². The quantitative estimate of drug-likeness (QED) is 0.219. The molecule has 0 unspecified atom stereocenters. The van der Waals surface area contributed by atoms with Crippen LogP contribution in [0.15, 0.2) is 91.0 Å². The number of amides is 1. The van der Waals surface area contributed by atoms with Crippen LogP contribution in [0.2, 0.25) is 0 Å². The van der Waals surface area contributed by atoms with Crippen molar-refractivity contribution in [2.24, 2.45) is 0 Å². The number of nitrogens with one attached hydrogen (secondary N) is 1. The molecule has 0 fully saturated rings. The highest BCUT2D eigenvalue weighted by Crippen LogP contribution is 2.26. The molecule has 6 heteroatoms. The molecule has 0 saturated heterocycles. The first-order valence-corrected chi connectivity index (χ1v) is 13.5. The maximum atomic E-state index is 13.2. The van der Waals surface area contributed by atoms with Crippen molar-refractivity contribution in [3.05, 3.63) is 125 Å². The van der Waals surface area contributed by atoms with E-state index in [1.165, 1.54) is 5.56 Å². The molecular formula is C34H33N3O3. The molecule has 0 saturated carbocycles. The molecule has 4 aromatic carbocycles. The number of aromatic nitrogens is 2. The molecule has 1 heterocycles. The molecule has 6 nitrogen and oxygen atoms in total. The van der Waals surface area contributed by atoms with Gasteiger partial charge in [-0.05, 0) is 65.8 Å². The van der Waals surface area contributed by atoms with E-state index in [-0.39, 0.29) is 17.5 Å². The Morgan fingerprint density at radius 2 is 1.60 bits per heavy atom. The van der Waals surface area contributed by atoms with Crippen LogP contribution in [0.25, 0.3) is 22.0 Å². The molecule has 202 valence electrons. The van der Waals surface area contributed by atoms with Crippen LogP contribution < -0.4 is 5.32 Å². The summed E-state index contributed by atoms with van der Waals surface area (Å²) in [5.74, 6) is -0.654. The Balaban J connectivity index is 1.37. The Labute approximate surface area is 234 Å². The summed E-state index contributed by atoms with van der Waals surface area (Å²) in [6.07, 6.45) is 0. The summed E-state index contributed by atoms with van der Waals surface area (Å²) in [7, 11) is 0. The largest absolute Gasteiger partial charge is 0.478 e. The second kappa shape index (κ2) is 11.2. The third kappa shape index (κ3) is 5.52. The number of carboxylic acids is 1. The highest BCUT2D eigenvalue weighted by atomic mass is 16.4. The van der Waals surface area contributed by atoms with Gasteiger partial charge in [0, 0.05) is 10.9 Å². The highest BCUT2D eigenvalue weighted by molar-refractivity contribution is 5.98. The van der Waals surface area contributed by atoms with Crippen LogP contribution >= 0.6 is 0 Å². The molecule has 0 radical (unpaired) electrons. The zero-order chi connectivity index (χ0) is 28.4. The van der Waals surface area contributed by atoms with Gasteiger partial charge in [-0.15, -0.1) is 0 Å². The van der Waals surface area contributed by atoms with Crippen molar-refractivity contribution in [2.45, 2.75) is 46.2 Å². The minimum Gasteiger partial charge on any atom is -0.478 e. The van der Waals surface area contributed by atoms with Gasteiger partial charge in [0.2, 0.25) is 0 Å². The minimum atomic E-state index is -0.948. The average Bonchev–Trinajstić information content (AvgIpc) is 3.27. The lowest BCUT2D eigenvalue weighted by atomic mass is 9.98. The maximum Gasteiger partial charge on any atom is 0.336 e. The molecule has 40 heavy (non-hydrogen) atoms. The Bertz CT molecular complexity index is 1700. The van der Waals surface area contributed by atoms with Crippen molar-refractivity contribution in [3.63, 3.8) is 0 Å². The Hall–Kier alpha value is -4.71. The van der Waals surface area contributed by atoms with E-state index in [1.807, 2.05) is 85.3 Å². The molecule has 1 aromatic heterocycles. The fraction of sp³-hybridized carbons (Fsp3) is 0.206. The molecule has 0 bridgehead atoms. The lowest BCUT2D eigenvalue weighted by Gasteiger charge is -2.16. The standard InChI is InChI=1S/C34H33N3O3/c1-21(2)26-8-7-9-27(18-26)22(3)35-33(38)28-16-17-29-23(4)36-37(32(29)19-28)20-24-12-14-25(15-13-24)30-10-5-6-11-31(30)34(39)40/h5-19,21-22H,20H2,1-4H3,(H,35,38)(H,39,40)/t22-/m0/s1. The van der Waals surface area contributed by atoms with Gasteiger partial charge < -0.3 is 10.4 Å². The Morgan fingerprint density at radius 3 is 2.33 bits per heavy atom. The first kappa shape index (κ1) is 26.9. The summed E-state index contributed by atoms with van der Waals surface area (Å²) in [5, 5.41) is 18.4. The number of carboxylic acid groups (broad SMARTS) is 1. The predicted octanol–water partition coefficient (Wildman–Crippen LogP) is 7.37. The van der Waals surface area contributed by atoms with E-state index in [1.54, 1.807) is 12.1 Å². The second-order valence-electron chi connectivity index (χ2n) is 10.5. The SMILES string of the molecule is Cc1nn(Cc2ccc(-c3ccccc3C(=O)O)cc2)c2cc(C(=O)N[C@@H](C)c3cccc(C(C)C)c3)ccc12. The van der Waals surface area contributed by atoms with Crippen molar-refractivity contribution < 1.29 is 14.7 Å². The molecule has 2 N–H and O–H groups in total. The summed E-state index contributed by atoms with van der Waals surface area (Å²) in [5.41, 5.74) is 7.52. The third-order valence-corrected chi connectivity index (χ3v) is 7.38. The van der Waals surface area contributed by atoms with Gasteiger partial charge >= 0.3 is 5.97 Å². The predicted molar refractivity (Wildman–Crippen MR) is 159 cm³/mol. The van der Waals surface area contributed by atoms with E-state index in [0.717, 1.165) is 33.3 Å². The maximum absolute atomic E-state index is 13.2. The van der Waals surface area contributed by atoms with Crippen LogP contribution in [0.4, 0.5) is 0 Å². The fourth-order valence-electron chi connectivity index (χ4n) is 5.04. The summed E-state index contributed by atoms with van der Waals surface area (Å²) in [6.45, 7) is 8.82. The van der Waals surface area contributed by atoms with E-state index < -0.39 is 5.97 Å². The third-order valence-electron chi connectivity index (χ3n) is 7.38. The summed E-state index contributed by atoms with van der Waals surface area (Å²) >= 11 is 0. The van der Waals surface area contributed by atoms with Crippen LogP contribution in [-0.2, 0) is 6.54 Å². The van der Waals surface area contributed by atoms with Gasteiger partial charge in [-0.3, -0.25) is 9.48 Å². The number of aryl methyl sites for hydroxylation is 1. The van der Waals surface area contributed by atoms with Gasteiger partial charge in [0.15, 0.2) is 0 Å². The fourth-order valence-corrected chi connectivity index (χ4v) is 5.04. The average molecular weight is 532 g/mol. The van der Waals surface area contributed by atoms with Crippen molar-refractivity contribution in [2.75, 3.05) is 0 Å². The molecular weight excluding hydrogens is 498 g/mol. The monoisotopic (exact) mass is 531 g/mol. The van der Waals surface area contributed by atoms with E-state index in [9.17, 15) is 14.7 Å². The number of carbonyl (C=O) groups is 2. The molecule has 0 aliphatic rings. The van der Waals surface area contributed by atoms with Gasteiger partial charge in [0.25, 0.3) is 5.91 Å². The van der Waals surface area contributed by atoms with Gasteiger partial charge in [0.1, 0.15) is 0 Å². The van der Waals surface area contributed by atoms with Crippen molar-refractivity contribution in [3.8, 4) is 11.1 Å². The minimum absolute atomic E-state index is 0.127. The van der Waals surface area contributed by atoms with Crippen molar-refractivity contribution >= 4 is 22.8 Å². The highest BCUT2D eigenvalue weighted by Gasteiger charge is 2.16.